The summed E-state index contributed by atoms with van der Waals surface area (Å²) in [6.45, 7) is 0.403. The summed E-state index contributed by atoms with van der Waals surface area (Å²) >= 11 is 0. The van der Waals surface area contributed by atoms with E-state index in [2.05, 4.69) is 10.5 Å². The average Bonchev–Trinajstić information content (AvgIpc) is 3.32. The Morgan fingerprint density at radius 3 is 2.71 bits per heavy atom. The number of hydrogen-bond acceptors (Lipinski definition) is 5. The molecule has 3 heterocycles. The Labute approximate surface area is 216 Å². The molecular weight excluding hydrogens is 502 g/mol. The van der Waals surface area contributed by atoms with Crippen molar-refractivity contribution in [1.82, 2.24) is 15.5 Å². The number of carbonyl (C=O) groups excluding carboxylic acids is 1. The Hall–Kier alpha value is -3.96. The van der Waals surface area contributed by atoms with Crippen LogP contribution in [-0.4, -0.2) is 41.8 Å². The number of rotatable bonds is 5. The number of alkyl halides is 3. The summed E-state index contributed by atoms with van der Waals surface area (Å²) in [5.74, 6) is -0.753. The lowest BCUT2D eigenvalue weighted by molar-refractivity contribution is -0.641. The molecule has 7 nitrogen and oxygen atoms in total. The van der Waals surface area contributed by atoms with Crippen LogP contribution in [0.15, 0.2) is 60.9 Å². The molecule has 11 heteroatoms. The Morgan fingerprint density at radius 2 is 1.97 bits per heavy atom. The van der Waals surface area contributed by atoms with E-state index in [1.807, 2.05) is 37.3 Å². The first-order valence-electron chi connectivity index (χ1n) is 12.0. The zero-order valence-electron chi connectivity index (χ0n) is 20.7. The van der Waals surface area contributed by atoms with Gasteiger partial charge in [0.15, 0.2) is 5.70 Å². The van der Waals surface area contributed by atoms with Crippen molar-refractivity contribution >= 4 is 17.3 Å². The fraction of sp³-hybridized carbons (Fsp3) is 0.259. The Balaban J connectivity index is 1.44. The first-order valence-corrected chi connectivity index (χ1v) is 12.0. The molecule has 3 N–H and O–H groups in total. The fourth-order valence-corrected chi connectivity index (χ4v) is 4.88. The molecule has 0 fully saturated rings. The monoisotopic (exact) mass is 528 g/mol. The molecule has 198 valence electrons. The molecule has 1 amide bonds. The van der Waals surface area contributed by atoms with Gasteiger partial charge in [0, 0.05) is 28.6 Å². The van der Waals surface area contributed by atoms with Gasteiger partial charge in [0.05, 0.1) is 19.0 Å². The van der Waals surface area contributed by atoms with Crippen LogP contribution in [0.2, 0.25) is 0 Å². The number of aryl methyl sites for hydroxylation is 1. The van der Waals surface area contributed by atoms with E-state index >= 15 is 0 Å². The topological polar surface area (TPSA) is 74.3 Å². The van der Waals surface area contributed by atoms with Crippen molar-refractivity contribution in [2.24, 2.45) is 0 Å². The molecule has 0 saturated carbocycles. The number of hydrazine groups is 1. The number of halogens is 4. The fourth-order valence-electron chi connectivity index (χ4n) is 4.88. The van der Waals surface area contributed by atoms with Crippen LogP contribution in [0.4, 0.5) is 23.2 Å². The van der Waals surface area contributed by atoms with Crippen LogP contribution in [0.3, 0.4) is 0 Å². The van der Waals surface area contributed by atoms with Gasteiger partial charge in [-0.2, -0.15) is 13.2 Å². The molecular formula is C27H26F4N5O2+. The summed E-state index contributed by atoms with van der Waals surface area (Å²) in [6, 6.07) is 12.4. The van der Waals surface area contributed by atoms with Crippen molar-refractivity contribution in [2.75, 3.05) is 18.6 Å². The summed E-state index contributed by atoms with van der Waals surface area (Å²) in [5, 5.41) is 1.48. The molecule has 0 spiro atoms. The molecule has 0 saturated heterocycles. The molecule has 3 aromatic rings. The predicted octanol–water partition coefficient (Wildman–Crippen LogP) is 3.71. The first-order chi connectivity index (χ1) is 18.1. The van der Waals surface area contributed by atoms with E-state index < -0.39 is 30.5 Å². The van der Waals surface area contributed by atoms with Gasteiger partial charge in [-0.25, -0.2) is 9.82 Å². The maximum atomic E-state index is 14.5. The SMILES string of the molecule is COc1cc(C2=CN([C@H]3CCc4c(F)cccc4N(CC(F)(F)F)C3=O)N[NH2+]2)ccc1-c1ccnc(C)c1. The van der Waals surface area contributed by atoms with E-state index in [9.17, 15) is 22.4 Å². The van der Waals surface area contributed by atoms with Crippen molar-refractivity contribution in [3.63, 3.8) is 0 Å². The highest BCUT2D eigenvalue weighted by molar-refractivity contribution is 5.99. The minimum atomic E-state index is -4.65. The molecule has 2 aromatic carbocycles. The van der Waals surface area contributed by atoms with E-state index in [1.165, 1.54) is 23.2 Å². The second-order valence-corrected chi connectivity index (χ2v) is 9.20. The molecule has 1 aromatic heterocycles. The van der Waals surface area contributed by atoms with Crippen LogP contribution in [0.25, 0.3) is 16.8 Å². The van der Waals surface area contributed by atoms with Gasteiger partial charge in [-0.05, 0) is 67.8 Å². The van der Waals surface area contributed by atoms with Crippen molar-refractivity contribution in [2.45, 2.75) is 32.0 Å². The number of carbonyl (C=O) groups is 1. The second kappa shape index (κ2) is 10.1. The second-order valence-electron chi connectivity index (χ2n) is 9.20. The van der Waals surface area contributed by atoms with E-state index in [1.54, 1.807) is 24.9 Å². The number of hydrogen-bond donors (Lipinski definition) is 2. The molecule has 0 bridgehead atoms. The van der Waals surface area contributed by atoms with Gasteiger partial charge < -0.3 is 9.64 Å². The number of methoxy groups -OCH3 is 1. The van der Waals surface area contributed by atoms with Gasteiger partial charge in [-0.3, -0.25) is 14.8 Å². The molecule has 0 aliphatic carbocycles. The van der Waals surface area contributed by atoms with Crippen LogP contribution in [0, 0.1) is 12.7 Å². The minimum absolute atomic E-state index is 0.0473. The average molecular weight is 529 g/mol. The van der Waals surface area contributed by atoms with Gasteiger partial charge in [0.25, 0.3) is 5.91 Å². The first kappa shape index (κ1) is 25.7. The van der Waals surface area contributed by atoms with Gasteiger partial charge in [0.1, 0.15) is 24.2 Å². The summed E-state index contributed by atoms with van der Waals surface area (Å²) in [7, 11) is 1.57. The Kier molecular flexibility index (Phi) is 6.80. The molecule has 0 unspecified atom stereocenters. The van der Waals surface area contributed by atoms with Crippen LogP contribution in [0.5, 0.6) is 5.75 Å². The number of benzene rings is 2. The molecule has 38 heavy (non-hydrogen) atoms. The van der Waals surface area contributed by atoms with Crippen LogP contribution in [0.1, 0.15) is 23.2 Å². The largest absolute Gasteiger partial charge is 0.496 e. The zero-order chi connectivity index (χ0) is 27.0. The maximum absolute atomic E-state index is 14.5. The molecule has 0 radical (unpaired) electrons. The highest BCUT2D eigenvalue weighted by atomic mass is 19.4. The van der Waals surface area contributed by atoms with Crippen molar-refractivity contribution < 1.29 is 32.5 Å². The smallest absolute Gasteiger partial charge is 0.406 e. The number of fused-ring (bicyclic) bond motifs is 1. The third-order valence-electron chi connectivity index (χ3n) is 6.67. The van der Waals surface area contributed by atoms with Crippen LogP contribution < -0.4 is 20.6 Å². The van der Waals surface area contributed by atoms with E-state index in [0.717, 1.165) is 22.4 Å². The van der Waals surface area contributed by atoms with Gasteiger partial charge in [-0.15, -0.1) is 0 Å². The number of quaternary nitrogens is 1. The van der Waals surface area contributed by atoms with Crippen LogP contribution >= 0.6 is 0 Å². The summed E-state index contributed by atoms with van der Waals surface area (Å²) in [6.07, 6.45) is -1.00. The number of nitrogens with zero attached hydrogens (tertiary/aromatic N) is 3. The lowest BCUT2D eigenvalue weighted by atomic mass is 10.0. The lowest BCUT2D eigenvalue weighted by Gasteiger charge is -2.29. The summed E-state index contributed by atoms with van der Waals surface area (Å²) < 4.78 is 60.4. The standard InChI is InChI=1S/C27H25F4N5O2/c1-16-12-17(10-11-32-16)19-7-6-18(13-25(19)38-2)22-14-36(34-33-22)24-9-8-20-21(28)4-3-5-23(20)35(26(24)37)15-27(29,30)31/h3-7,10-14,24,33-34H,8-9,15H2,1-2H3/p+1/t24-/m0/s1. The zero-order valence-corrected chi connectivity index (χ0v) is 20.7. The van der Waals surface area contributed by atoms with Crippen molar-refractivity contribution in [1.29, 1.82) is 0 Å². The molecule has 2 aliphatic rings. The normalized spacial score (nSPS) is 17.8. The Bertz CT molecular complexity index is 1410. The summed E-state index contributed by atoms with van der Waals surface area (Å²) in [5.41, 5.74) is 8.92. The van der Waals surface area contributed by atoms with Crippen molar-refractivity contribution in [3.8, 4) is 16.9 Å². The number of nitrogens with two attached hydrogens (primary N) is 1. The number of ether oxygens (including phenoxy) is 1. The number of pyridine rings is 1. The summed E-state index contributed by atoms with van der Waals surface area (Å²) in [4.78, 5) is 18.3. The lowest BCUT2D eigenvalue weighted by Crippen LogP contribution is -2.90. The number of nitrogens with one attached hydrogen (secondary N) is 1. The number of aromatic nitrogens is 1. The van der Waals surface area contributed by atoms with E-state index in [-0.39, 0.29) is 24.1 Å². The third kappa shape index (κ3) is 5.07. The minimum Gasteiger partial charge on any atom is -0.496 e. The molecule has 1 atom stereocenters. The van der Waals surface area contributed by atoms with E-state index in [0.29, 0.717) is 16.3 Å². The maximum Gasteiger partial charge on any atom is 0.406 e. The molecule has 2 aliphatic heterocycles. The Morgan fingerprint density at radius 1 is 1.16 bits per heavy atom. The highest BCUT2D eigenvalue weighted by Gasteiger charge is 2.42. The molecule has 5 rings (SSSR count). The number of amides is 1. The van der Waals surface area contributed by atoms with Gasteiger partial charge in [0.2, 0.25) is 0 Å². The van der Waals surface area contributed by atoms with E-state index in [4.69, 9.17) is 4.74 Å². The van der Waals surface area contributed by atoms with Crippen LogP contribution in [-0.2, 0) is 11.2 Å². The number of anilines is 1. The predicted molar refractivity (Wildman–Crippen MR) is 133 cm³/mol. The highest BCUT2D eigenvalue weighted by Crippen LogP contribution is 2.35. The van der Waals surface area contributed by atoms with Crippen molar-refractivity contribution in [3.05, 3.63) is 83.6 Å². The van der Waals surface area contributed by atoms with Gasteiger partial charge in [-0.1, -0.05) is 11.6 Å². The van der Waals surface area contributed by atoms with Gasteiger partial charge >= 0.3 is 6.18 Å². The third-order valence-corrected chi connectivity index (χ3v) is 6.67. The quantitative estimate of drug-likeness (QED) is 0.390.